The van der Waals surface area contributed by atoms with Crippen molar-refractivity contribution in [2.45, 2.75) is 6.61 Å². The molecule has 2 aromatic carbocycles. The molecule has 0 aromatic heterocycles. The van der Waals surface area contributed by atoms with Crippen LogP contribution >= 0.6 is 27.7 Å². The Morgan fingerprint density at radius 3 is 2.46 bits per heavy atom. The van der Waals surface area contributed by atoms with Crippen molar-refractivity contribution >= 4 is 44.3 Å². The number of benzene rings is 2. The van der Waals surface area contributed by atoms with E-state index in [0.29, 0.717) is 5.56 Å². The van der Waals surface area contributed by atoms with E-state index in [4.69, 9.17) is 0 Å². The average Bonchev–Trinajstić information content (AvgIpc) is 3.15. The summed E-state index contributed by atoms with van der Waals surface area (Å²) in [5.41, 5.74) is 1.30. The Labute approximate surface area is 162 Å². The zero-order valence-corrected chi connectivity index (χ0v) is 16.0. The van der Waals surface area contributed by atoms with E-state index in [1.54, 1.807) is 11.8 Å². The van der Waals surface area contributed by atoms with Gasteiger partial charge in [-0.1, -0.05) is 27.7 Å². The molecule has 3 rings (SSSR count). The molecule has 0 saturated carbocycles. The van der Waals surface area contributed by atoms with Gasteiger partial charge in [0.2, 0.25) is 0 Å². The second kappa shape index (κ2) is 8.64. The number of anilines is 1. The van der Waals surface area contributed by atoms with Crippen molar-refractivity contribution in [2.75, 3.05) is 23.7 Å². The molecule has 0 N–H and O–H groups in total. The highest BCUT2D eigenvalue weighted by Gasteiger charge is 2.21. The highest BCUT2D eigenvalue weighted by Crippen LogP contribution is 2.25. The normalized spacial score (nSPS) is 13.6. The van der Waals surface area contributed by atoms with Crippen LogP contribution in [0.4, 0.5) is 14.5 Å². The van der Waals surface area contributed by atoms with Crippen LogP contribution in [-0.2, 0) is 0 Å². The Morgan fingerprint density at radius 1 is 1.19 bits per heavy atom. The third-order valence-corrected chi connectivity index (χ3v) is 5.16. The van der Waals surface area contributed by atoms with E-state index in [-0.39, 0.29) is 18.1 Å². The van der Waals surface area contributed by atoms with Crippen LogP contribution in [-0.4, -0.2) is 36.4 Å². The molecule has 0 saturated heterocycles. The fraction of sp³-hybridized carbons (Fsp3) is 0.222. The van der Waals surface area contributed by atoms with Crippen LogP contribution in [0.25, 0.3) is 0 Å². The van der Waals surface area contributed by atoms with E-state index in [0.717, 1.165) is 27.6 Å². The summed E-state index contributed by atoms with van der Waals surface area (Å²) in [6, 6.07) is 13.4. The third-order valence-electron chi connectivity index (χ3n) is 3.64. The number of ketones is 1. The maximum atomic E-state index is 12.7. The van der Waals surface area contributed by atoms with Crippen molar-refractivity contribution in [3.05, 3.63) is 58.6 Å². The van der Waals surface area contributed by atoms with Gasteiger partial charge in [0.05, 0.1) is 13.1 Å². The SMILES string of the molecule is O=C(CN(C1=NCCS1)c1ccc(Br)cc1)c1ccc(OC(F)F)cc1. The molecule has 0 aliphatic carbocycles. The van der Waals surface area contributed by atoms with E-state index in [2.05, 4.69) is 25.7 Å². The number of Topliss-reactive ketones (excluding diaryl/α,β-unsaturated/α-hetero) is 1. The van der Waals surface area contributed by atoms with E-state index in [1.807, 2.05) is 29.2 Å². The molecule has 0 unspecified atom stereocenters. The summed E-state index contributed by atoms with van der Waals surface area (Å²) in [6.07, 6.45) is 0. The minimum atomic E-state index is -2.89. The molecule has 4 nitrogen and oxygen atoms in total. The van der Waals surface area contributed by atoms with Crippen LogP contribution in [0, 0.1) is 0 Å². The molecule has 1 heterocycles. The summed E-state index contributed by atoms with van der Waals surface area (Å²) >= 11 is 5.01. The molecule has 26 heavy (non-hydrogen) atoms. The number of nitrogens with zero attached hydrogens (tertiary/aromatic N) is 2. The number of alkyl halides is 2. The van der Waals surface area contributed by atoms with Crippen LogP contribution in [0.1, 0.15) is 10.4 Å². The number of ether oxygens (including phenoxy) is 1. The van der Waals surface area contributed by atoms with E-state index >= 15 is 0 Å². The number of aliphatic imine (C=N–C) groups is 1. The zero-order chi connectivity index (χ0) is 18.5. The first-order chi connectivity index (χ1) is 12.5. The highest BCUT2D eigenvalue weighted by molar-refractivity contribution is 9.10. The molecule has 1 aliphatic heterocycles. The Bertz CT molecular complexity index is 798. The molecule has 136 valence electrons. The first-order valence-corrected chi connectivity index (χ1v) is 9.59. The molecule has 8 heteroatoms. The van der Waals surface area contributed by atoms with Gasteiger partial charge in [-0.15, -0.1) is 0 Å². The molecule has 0 spiro atoms. The Hall–Kier alpha value is -1.93. The lowest BCUT2D eigenvalue weighted by Crippen LogP contribution is -2.33. The van der Waals surface area contributed by atoms with E-state index in [1.165, 1.54) is 24.3 Å². The van der Waals surface area contributed by atoms with Crippen LogP contribution < -0.4 is 9.64 Å². The maximum absolute atomic E-state index is 12.7. The van der Waals surface area contributed by atoms with Gasteiger partial charge >= 0.3 is 6.61 Å². The minimum Gasteiger partial charge on any atom is -0.435 e. The molecule has 0 atom stereocenters. The zero-order valence-electron chi connectivity index (χ0n) is 13.6. The fourth-order valence-electron chi connectivity index (χ4n) is 2.43. The number of carbonyl (C=O) groups excluding carboxylic acids is 1. The van der Waals surface area contributed by atoms with Crippen LogP contribution in [0.3, 0.4) is 0 Å². The molecular weight excluding hydrogens is 426 g/mol. The average molecular weight is 441 g/mol. The lowest BCUT2D eigenvalue weighted by molar-refractivity contribution is -0.0498. The summed E-state index contributed by atoms with van der Waals surface area (Å²) in [4.78, 5) is 19.0. The number of hydrogen-bond acceptors (Lipinski definition) is 5. The van der Waals surface area contributed by atoms with Gasteiger partial charge in [-0.3, -0.25) is 9.79 Å². The van der Waals surface area contributed by atoms with Gasteiger partial charge in [0.25, 0.3) is 0 Å². The van der Waals surface area contributed by atoms with Crippen LogP contribution in [0.5, 0.6) is 5.75 Å². The van der Waals surface area contributed by atoms with Crippen molar-refractivity contribution in [1.82, 2.24) is 0 Å². The van der Waals surface area contributed by atoms with Crippen LogP contribution in [0.2, 0.25) is 0 Å². The topological polar surface area (TPSA) is 41.9 Å². The number of carbonyl (C=O) groups is 1. The van der Waals surface area contributed by atoms with Crippen molar-refractivity contribution in [3.8, 4) is 5.75 Å². The summed E-state index contributed by atoms with van der Waals surface area (Å²) in [6.45, 7) is -2.05. The number of rotatable bonds is 6. The second-order valence-corrected chi connectivity index (χ2v) is 7.38. The maximum Gasteiger partial charge on any atom is 0.387 e. The second-order valence-electron chi connectivity index (χ2n) is 5.40. The first-order valence-electron chi connectivity index (χ1n) is 7.81. The number of halogens is 3. The third kappa shape index (κ3) is 4.82. The summed E-state index contributed by atoms with van der Waals surface area (Å²) in [5, 5.41) is 0.804. The molecule has 0 amide bonds. The number of hydrogen-bond donors (Lipinski definition) is 0. The first kappa shape index (κ1) is 18.8. The Morgan fingerprint density at radius 2 is 1.88 bits per heavy atom. The van der Waals surface area contributed by atoms with E-state index < -0.39 is 6.61 Å². The van der Waals surface area contributed by atoms with Gasteiger partial charge in [0, 0.05) is 21.5 Å². The van der Waals surface area contributed by atoms with Crippen molar-refractivity contribution in [1.29, 1.82) is 0 Å². The minimum absolute atomic E-state index is 0.0250. The van der Waals surface area contributed by atoms with Gasteiger partial charge in [0.1, 0.15) is 5.75 Å². The fourth-order valence-corrected chi connectivity index (χ4v) is 3.57. The van der Waals surface area contributed by atoms with Gasteiger partial charge in [-0.25, -0.2) is 0 Å². The molecule has 2 aromatic rings. The monoisotopic (exact) mass is 440 g/mol. The van der Waals surface area contributed by atoms with Crippen molar-refractivity contribution < 1.29 is 18.3 Å². The lowest BCUT2D eigenvalue weighted by atomic mass is 10.1. The molecular formula is C18H15BrF2N2O2S. The number of thioether (sulfide) groups is 1. The molecule has 0 radical (unpaired) electrons. The van der Waals surface area contributed by atoms with Gasteiger partial charge in [0.15, 0.2) is 11.0 Å². The highest BCUT2D eigenvalue weighted by atomic mass is 79.9. The summed E-state index contributed by atoms with van der Waals surface area (Å²) < 4.78 is 29.7. The Kier molecular flexibility index (Phi) is 6.26. The smallest absolute Gasteiger partial charge is 0.387 e. The molecule has 0 bridgehead atoms. The largest absolute Gasteiger partial charge is 0.435 e. The molecule has 0 fully saturated rings. The Balaban J connectivity index is 1.77. The van der Waals surface area contributed by atoms with Gasteiger partial charge in [-0.05, 0) is 48.5 Å². The van der Waals surface area contributed by atoms with Crippen molar-refractivity contribution in [3.63, 3.8) is 0 Å². The van der Waals surface area contributed by atoms with E-state index in [9.17, 15) is 13.6 Å². The summed E-state index contributed by atoms with van der Waals surface area (Å²) in [7, 11) is 0. The van der Waals surface area contributed by atoms with Crippen molar-refractivity contribution in [2.24, 2.45) is 4.99 Å². The summed E-state index contributed by atoms with van der Waals surface area (Å²) in [5.74, 6) is 0.778. The predicted octanol–water partition coefficient (Wildman–Crippen LogP) is 4.84. The standard InChI is InChI=1S/C18H15BrF2N2O2S/c19-13-3-5-14(6-4-13)23(18-22-9-10-26-18)11-16(24)12-1-7-15(8-2-12)25-17(20)21/h1-8,17H,9-11H2. The quantitative estimate of drug-likeness (QED) is 0.602. The van der Waals surface area contributed by atoms with Crippen LogP contribution in [0.15, 0.2) is 58.0 Å². The predicted molar refractivity (Wildman–Crippen MR) is 104 cm³/mol. The number of amidine groups is 1. The lowest BCUT2D eigenvalue weighted by Gasteiger charge is -2.23. The molecule has 1 aliphatic rings. The van der Waals surface area contributed by atoms with Gasteiger partial charge in [-0.2, -0.15) is 8.78 Å². The van der Waals surface area contributed by atoms with Gasteiger partial charge < -0.3 is 9.64 Å².